The minimum absolute atomic E-state index is 0.0765. The number of methoxy groups -OCH3 is 1. The van der Waals surface area contributed by atoms with Gasteiger partial charge in [0, 0.05) is 7.11 Å². The number of ether oxygens (including phenoxy) is 1. The maximum Gasteiger partial charge on any atom is 0.149 e. The van der Waals surface area contributed by atoms with Gasteiger partial charge in [-0.25, -0.2) is 4.68 Å². The minimum Gasteiger partial charge on any atom is -0.360 e. The first-order valence-electron chi connectivity index (χ1n) is 4.15. The standard InChI is InChI=1S/C9H11N3O/c1-7(13-2)12-9-6-4-3-5-8(9)10-11-12/h3-7H,1-2H3. The highest BCUT2D eigenvalue weighted by atomic mass is 16.5. The van der Waals surface area contributed by atoms with Crippen LogP contribution < -0.4 is 0 Å². The molecule has 0 aliphatic carbocycles. The van der Waals surface area contributed by atoms with Gasteiger partial charge in [0.2, 0.25) is 0 Å². The Morgan fingerprint density at radius 3 is 2.92 bits per heavy atom. The Balaban J connectivity index is 2.57. The van der Waals surface area contributed by atoms with Crippen molar-refractivity contribution in [3.05, 3.63) is 24.3 Å². The molecule has 0 radical (unpaired) electrons. The van der Waals surface area contributed by atoms with Crippen LogP contribution in [-0.4, -0.2) is 22.1 Å². The van der Waals surface area contributed by atoms with Crippen LogP contribution >= 0.6 is 0 Å². The van der Waals surface area contributed by atoms with Gasteiger partial charge in [-0.15, -0.1) is 5.10 Å². The molecule has 68 valence electrons. The van der Waals surface area contributed by atoms with Crippen molar-refractivity contribution in [1.29, 1.82) is 0 Å². The summed E-state index contributed by atoms with van der Waals surface area (Å²) in [5.41, 5.74) is 1.89. The average molecular weight is 177 g/mol. The van der Waals surface area contributed by atoms with E-state index in [4.69, 9.17) is 4.74 Å². The molecule has 4 heteroatoms. The molecule has 1 aromatic heterocycles. The third-order valence-corrected chi connectivity index (χ3v) is 2.06. The molecule has 0 saturated heterocycles. The molecule has 0 aliphatic heterocycles. The molecule has 1 aromatic carbocycles. The number of benzene rings is 1. The van der Waals surface area contributed by atoms with E-state index >= 15 is 0 Å². The number of rotatable bonds is 2. The molecule has 2 aromatic rings. The summed E-state index contributed by atoms with van der Waals surface area (Å²) >= 11 is 0. The van der Waals surface area contributed by atoms with E-state index < -0.39 is 0 Å². The fraction of sp³-hybridized carbons (Fsp3) is 0.333. The van der Waals surface area contributed by atoms with Gasteiger partial charge in [0.05, 0.1) is 5.52 Å². The largest absolute Gasteiger partial charge is 0.360 e. The maximum atomic E-state index is 5.16. The van der Waals surface area contributed by atoms with Crippen molar-refractivity contribution in [1.82, 2.24) is 15.0 Å². The van der Waals surface area contributed by atoms with E-state index in [9.17, 15) is 0 Å². The fourth-order valence-electron chi connectivity index (χ4n) is 1.26. The van der Waals surface area contributed by atoms with Gasteiger partial charge in [-0.1, -0.05) is 17.3 Å². The minimum atomic E-state index is -0.0765. The van der Waals surface area contributed by atoms with E-state index in [1.54, 1.807) is 11.8 Å². The third kappa shape index (κ3) is 1.29. The van der Waals surface area contributed by atoms with Gasteiger partial charge in [-0.2, -0.15) is 0 Å². The van der Waals surface area contributed by atoms with Crippen molar-refractivity contribution >= 4 is 11.0 Å². The highest BCUT2D eigenvalue weighted by Gasteiger charge is 2.08. The zero-order valence-electron chi connectivity index (χ0n) is 7.64. The topological polar surface area (TPSA) is 39.9 Å². The lowest BCUT2D eigenvalue weighted by molar-refractivity contribution is 0.0522. The molecule has 0 fully saturated rings. The number of aromatic nitrogens is 3. The lowest BCUT2D eigenvalue weighted by Gasteiger charge is -2.09. The van der Waals surface area contributed by atoms with Gasteiger partial charge >= 0.3 is 0 Å². The second-order valence-electron chi connectivity index (χ2n) is 2.86. The molecular weight excluding hydrogens is 166 g/mol. The summed E-state index contributed by atoms with van der Waals surface area (Å²) in [7, 11) is 1.65. The molecule has 2 rings (SSSR count). The second-order valence-corrected chi connectivity index (χ2v) is 2.86. The molecular formula is C9H11N3O. The Hall–Kier alpha value is -1.42. The summed E-state index contributed by atoms with van der Waals surface area (Å²) in [4.78, 5) is 0. The second kappa shape index (κ2) is 3.14. The van der Waals surface area contributed by atoms with Crippen LogP contribution in [0.15, 0.2) is 24.3 Å². The molecule has 0 aliphatic rings. The Kier molecular flexibility index (Phi) is 1.98. The van der Waals surface area contributed by atoms with Gasteiger partial charge < -0.3 is 4.74 Å². The van der Waals surface area contributed by atoms with Gasteiger partial charge in [0.1, 0.15) is 11.7 Å². The lowest BCUT2D eigenvalue weighted by Crippen LogP contribution is -2.08. The molecule has 0 bridgehead atoms. The van der Waals surface area contributed by atoms with Crippen LogP contribution in [0.2, 0.25) is 0 Å². The number of fused-ring (bicyclic) bond motifs is 1. The van der Waals surface area contributed by atoms with E-state index in [-0.39, 0.29) is 6.23 Å². The van der Waals surface area contributed by atoms with Crippen LogP contribution in [0.1, 0.15) is 13.2 Å². The van der Waals surface area contributed by atoms with Crippen molar-refractivity contribution in [2.75, 3.05) is 7.11 Å². The lowest BCUT2D eigenvalue weighted by atomic mass is 10.3. The molecule has 1 heterocycles. The smallest absolute Gasteiger partial charge is 0.149 e. The average Bonchev–Trinajstić information content (AvgIpc) is 2.60. The summed E-state index contributed by atoms with van der Waals surface area (Å²) in [6.45, 7) is 1.93. The van der Waals surface area contributed by atoms with Crippen LogP contribution in [0.5, 0.6) is 0 Å². The highest BCUT2D eigenvalue weighted by Crippen LogP contribution is 2.14. The van der Waals surface area contributed by atoms with E-state index in [2.05, 4.69) is 10.3 Å². The Morgan fingerprint density at radius 1 is 1.38 bits per heavy atom. The van der Waals surface area contributed by atoms with E-state index in [0.29, 0.717) is 0 Å². The van der Waals surface area contributed by atoms with Gasteiger partial charge in [0.15, 0.2) is 0 Å². The predicted octanol–water partition coefficient (Wildman–Crippen LogP) is 1.60. The number of para-hydroxylation sites is 1. The number of nitrogens with zero attached hydrogens (tertiary/aromatic N) is 3. The highest BCUT2D eigenvalue weighted by molar-refractivity contribution is 5.73. The summed E-state index contributed by atoms with van der Waals surface area (Å²) in [6, 6.07) is 7.81. The maximum absolute atomic E-state index is 5.16. The molecule has 0 saturated carbocycles. The molecule has 1 atom stereocenters. The van der Waals surface area contributed by atoms with Crippen LogP contribution in [0, 0.1) is 0 Å². The SMILES string of the molecule is COC(C)n1nnc2ccccc21. The number of hydrogen-bond donors (Lipinski definition) is 0. The summed E-state index contributed by atoms with van der Waals surface area (Å²) in [6.07, 6.45) is -0.0765. The quantitative estimate of drug-likeness (QED) is 0.699. The Labute approximate surface area is 76.1 Å². The van der Waals surface area contributed by atoms with Gasteiger partial charge in [-0.3, -0.25) is 0 Å². The van der Waals surface area contributed by atoms with Crippen molar-refractivity contribution in [2.45, 2.75) is 13.2 Å². The van der Waals surface area contributed by atoms with Crippen LogP contribution in [-0.2, 0) is 4.74 Å². The first kappa shape index (κ1) is 8.19. The molecule has 0 spiro atoms. The monoisotopic (exact) mass is 177 g/mol. The normalized spacial score (nSPS) is 13.4. The Morgan fingerprint density at radius 2 is 2.15 bits per heavy atom. The van der Waals surface area contributed by atoms with Gasteiger partial charge in [-0.05, 0) is 19.1 Å². The molecule has 4 nitrogen and oxygen atoms in total. The van der Waals surface area contributed by atoms with Crippen molar-refractivity contribution in [3.63, 3.8) is 0 Å². The van der Waals surface area contributed by atoms with Crippen LogP contribution in [0.25, 0.3) is 11.0 Å². The fourth-order valence-corrected chi connectivity index (χ4v) is 1.26. The first-order valence-corrected chi connectivity index (χ1v) is 4.15. The third-order valence-electron chi connectivity index (χ3n) is 2.06. The zero-order valence-corrected chi connectivity index (χ0v) is 7.64. The van der Waals surface area contributed by atoms with Crippen molar-refractivity contribution in [3.8, 4) is 0 Å². The van der Waals surface area contributed by atoms with Crippen LogP contribution in [0.4, 0.5) is 0 Å². The summed E-state index contributed by atoms with van der Waals surface area (Å²) in [5, 5.41) is 8.03. The molecule has 1 unspecified atom stereocenters. The van der Waals surface area contributed by atoms with E-state index in [1.165, 1.54) is 0 Å². The summed E-state index contributed by atoms with van der Waals surface area (Å²) < 4.78 is 6.92. The molecule has 0 N–H and O–H groups in total. The number of hydrogen-bond acceptors (Lipinski definition) is 3. The van der Waals surface area contributed by atoms with Crippen molar-refractivity contribution < 1.29 is 4.74 Å². The predicted molar refractivity (Wildman–Crippen MR) is 49.2 cm³/mol. The van der Waals surface area contributed by atoms with Crippen LogP contribution in [0.3, 0.4) is 0 Å². The zero-order chi connectivity index (χ0) is 9.26. The summed E-state index contributed by atoms with van der Waals surface area (Å²) in [5.74, 6) is 0. The van der Waals surface area contributed by atoms with E-state index in [0.717, 1.165) is 11.0 Å². The Bertz CT molecular complexity index is 410. The molecule has 13 heavy (non-hydrogen) atoms. The van der Waals surface area contributed by atoms with E-state index in [1.807, 2.05) is 31.2 Å². The van der Waals surface area contributed by atoms with Crippen molar-refractivity contribution in [2.24, 2.45) is 0 Å². The molecule has 0 amide bonds. The van der Waals surface area contributed by atoms with Gasteiger partial charge in [0.25, 0.3) is 0 Å². The first-order chi connectivity index (χ1) is 6.33.